The van der Waals surface area contributed by atoms with Gasteiger partial charge in [-0.15, -0.1) is 0 Å². The molecule has 0 atom stereocenters. The normalized spacial score (nSPS) is 11.9. The number of nitrogens with two attached hydrogens (primary N) is 1. The van der Waals surface area contributed by atoms with E-state index in [2.05, 4.69) is 0 Å². The highest BCUT2D eigenvalue weighted by Gasteiger charge is 2.15. The lowest BCUT2D eigenvalue weighted by molar-refractivity contribution is -0.116. The highest BCUT2D eigenvalue weighted by atomic mass is 32.2. The number of hydrogen-bond donors (Lipinski definition) is 1. The number of carbonyl (C=O) groups excluding carboxylic acids is 1. The van der Waals surface area contributed by atoms with Gasteiger partial charge in [0.2, 0.25) is 5.91 Å². The molecule has 0 rings (SSSR count). The summed E-state index contributed by atoms with van der Waals surface area (Å²) in [7, 11) is -3.11. The number of primary amides is 1. The summed E-state index contributed by atoms with van der Waals surface area (Å²) in [6, 6.07) is 0. The SMILES string of the molecule is C[C](CS(C)(=O)=O)C(N)=O. The summed E-state index contributed by atoms with van der Waals surface area (Å²) in [5, 5.41) is 0. The molecule has 0 aromatic carbocycles. The quantitative estimate of drug-likeness (QED) is 0.588. The van der Waals surface area contributed by atoms with Crippen LogP contribution in [-0.2, 0) is 14.6 Å². The van der Waals surface area contributed by atoms with Gasteiger partial charge >= 0.3 is 0 Å². The largest absolute Gasteiger partial charge is 0.369 e. The van der Waals surface area contributed by atoms with Crippen molar-refractivity contribution in [1.82, 2.24) is 0 Å². The first-order valence-corrected chi connectivity index (χ1v) is 4.69. The Balaban J connectivity index is 4.06. The Labute approximate surface area is 60.3 Å². The van der Waals surface area contributed by atoms with Gasteiger partial charge in [0.05, 0.1) is 11.7 Å². The molecule has 59 valence electrons. The summed E-state index contributed by atoms with van der Waals surface area (Å²) >= 11 is 0. The maximum absolute atomic E-state index is 10.5. The summed E-state index contributed by atoms with van der Waals surface area (Å²) in [5.41, 5.74) is 4.80. The highest BCUT2D eigenvalue weighted by molar-refractivity contribution is 7.90. The van der Waals surface area contributed by atoms with Crippen molar-refractivity contribution in [2.45, 2.75) is 6.92 Å². The zero-order valence-corrected chi connectivity index (χ0v) is 6.73. The van der Waals surface area contributed by atoms with E-state index in [1.54, 1.807) is 0 Å². The molecule has 2 N–H and O–H groups in total. The van der Waals surface area contributed by atoms with Crippen molar-refractivity contribution in [3.05, 3.63) is 5.92 Å². The molecule has 0 saturated heterocycles. The zero-order chi connectivity index (χ0) is 8.36. The van der Waals surface area contributed by atoms with E-state index in [1.807, 2.05) is 0 Å². The van der Waals surface area contributed by atoms with Crippen molar-refractivity contribution in [3.8, 4) is 0 Å². The third-order valence-electron chi connectivity index (χ3n) is 0.899. The molecule has 1 radical (unpaired) electrons. The van der Waals surface area contributed by atoms with Crippen molar-refractivity contribution < 1.29 is 13.2 Å². The van der Waals surface area contributed by atoms with Gasteiger partial charge in [-0.05, 0) is 6.92 Å². The van der Waals surface area contributed by atoms with Crippen LogP contribution < -0.4 is 5.73 Å². The molecule has 0 aliphatic heterocycles. The van der Waals surface area contributed by atoms with Crippen molar-refractivity contribution in [3.63, 3.8) is 0 Å². The van der Waals surface area contributed by atoms with Gasteiger partial charge in [-0.25, -0.2) is 8.42 Å². The van der Waals surface area contributed by atoms with Crippen LogP contribution in [0.15, 0.2) is 0 Å². The predicted octanol–water partition coefficient (Wildman–Crippen LogP) is -0.889. The van der Waals surface area contributed by atoms with E-state index in [-0.39, 0.29) is 11.7 Å². The summed E-state index contributed by atoms with van der Waals surface area (Å²) in [4.78, 5) is 10.3. The van der Waals surface area contributed by atoms with Crippen molar-refractivity contribution in [1.29, 1.82) is 0 Å². The van der Waals surface area contributed by atoms with E-state index in [4.69, 9.17) is 5.73 Å². The second kappa shape index (κ2) is 3.01. The van der Waals surface area contributed by atoms with E-state index in [0.717, 1.165) is 6.26 Å². The first-order chi connectivity index (χ1) is 4.33. The minimum absolute atomic E-state index is 0.169. The number of hydrogen-bond acceptors (Lipinski definition) is 3. The Morgan fingerprint density at radius 1 is 1.50 bits per heavy atom. The van der Waals surface area contributed by atoms with Crippen LogP contribution in [0.25, 0.3) is 0 Å². The lowest BCUT2D eigenvalue weighted by atomic mass is 10.2. The zero-order valence-electron chi connectivity index (χ0n) is 5.92. The van der Waals surface area contributed by atoms with Crippen LogP contribution in [0.5, 0.6) is 0 Å². The van der Waals surface area contributed by atoms with Crippen molar-refractivity contribution >= 4 is 15.7 Å². The van der Waals surface area contributed by atoms with E-state index >= 15 is 0 Å². The minimum atomic E-state index is -3.11. The molecule has 5 heteroatoms. The fraction of sp³-hybridized carbons (Fsp3) is 0.600. The molecule has 0 unspecified atom stereocenters. The second-order valence-electron chi connectivity index (χ2n) is 2.21. The molecule has 0 spiro atoms. The lowest BCUT2D eigenvalue weighted by Crippen LogP contribution is -2.24. The molecular weight excluding hydrogens is 154 g/mol. The molecule has 0 aromatic heterocycles. The summed E-state index contributed by atoms with van der Waals surface area (Å²) in [6.45, 7) is 1.41. The summed E-state index contributed by atoms with van der Waals surface area (Å²) in [6.07, 6.45) is 1.06. The second-order valence-corrected chi connectivity index (χ2v) is 4.35. The van der Waals surface area contributed by atoms with Crippen LogP contribution in [0.3, 0.4) is 0 Å². The van der Waals surface area contributed by atoms with Gasteiger partial charge in [-0.3, -0.25) is 4.79 Å². The van der Waals surface area contributed by atoms with Gasteiger partial charge in [0.15, 0.2) is 0 Å². The standard InChI is InChI=1S/C5H10NO3S/c1-4(5(6)7)3-10(2,8)9/h3H2,1-2H3,(H2,6,7). The molecule has 0 aliphatic carbocycles. The van der Waals surface area contributed by atoms with Crippen LogP contribution in [0.2, 0.25) is 0 Å². The van der Waals surface area contributed by atoms with E-state index in [1.165, 1.54) is 6.92 Å². The van der Waals surface area contributed by atoms with E-state index < -0.39 is 15.7 Å². The fourth-order valence-corrected chi connectivity index (χ4v) is 1.39. The van der Waals surface area contributed by atoms with E-state index in [0.29, 0.717) is 0 Å². The monoisotopic (exact) mass is 164 g/mol. The van der Waals surface area contributed by atoms with Gasteiger partial charge < -0.3 is 5.73 Å². The summed E-state index contributed by atoms with van der Waals surface area (Å²) in [5.74, 6) is -0.740. The number of rotatable bonds is 3. The maximum atomic E-state index is 10.5. The van der Waals surface area contributed by atoms with Crippen molar-refractivity contribution in [2.24, 2.45) is 5.73 Å². The third kappa shape index (κ3) is 4.31. The van der Waals surface area contributed by atoms with Crippen LogP contribution in [0.1, 0.15) is 6.92 Å². The molecule has 0 aromatic rings. The molecule has 0 heterocycles. The maximum Gasteiger partial charge on any atom is 0.225 e. The average molecular weight is 164 g/mol. The van der Waals surface area contributed by atoms with Gasteiger partial charge in [0.1, 0.15) is 9.84 Å². The number of carbonyl (C=O) groups is 1. The minimum Gasteiger partial charge on any atom is -0.369 e. The lowest BCUT2D eigenvalue weighted by Gasteiger charge is -2.02. The number of sulfone groups is 1. The molecule has 0 aliphatic rings. The Morgan fingerprint density at radius 3 is 2.00 bits per heavy atom. The van der Waals surface area contributed by atoms with Crippen LogP contribution >= 0.6 is 0 Å². The Morgan fingerprint density at radius 2 is 1.90 bits per heavy atom. The molecule has 0 bridgehead atoms. The first-order valence-electron chi connectivity index (χ1n) is 2.63. The van der Waals surface area contributed by atoms with Crippen LogP contribution in [0.4, 0.5) is 0 Å². The summed E-state index contributed by atoms with van der Waals surface area (Å²) < 4.78 is 21.0. The van der Waals surface area contributed by atoms with Crippen LogP contribution in [0, 0.1) is 5.92 Å². The molecule has 0 fully saturated rings. The predicted molar refractivity (Wildman–Crippen MR) is 37.8 cm³/mol. The molecule has 10 heavy (non-hydrogen) atoms. The molecule has 4 nitrogen and oxygen atoms in total. The van der Waals surface area contributed by atoms with Gasteiger partial charge in [-0.1, -0.05) is 0 Å². The average Bonchev–Trinajstić information content (AvgIpc) is 1.60. The first kappa shape index (κ1) is 9.42. The van der Waals surface area contributed by atoms with Gasteiger partial charge in [0, 0.05) is 6.26 Å². The third-order valence-corrected chi connectivity index (χ3v) is 1.86. The van der Waals surface area contributed by atoms with E-state index in [9.17, 15) is 13.2 Å². The van der Waals surface area contributed by atoms with Crippen molar-refractivity contribution in [2.75, 3.05) is 12.0 Å². The highest BCUT2D eigenvalue weighted by Crippen LogP contribution is 1.99. The molecule has 0 saturated carbocycles. The smallest absolute Gasteiger partial charge is 0.225 e. The van der Waals surface area contributed by atoms with Gasteiger partial charge in [-0.2, -0.15) is 0 Å². The topological polar surface area (TPSA) is 77.2 Å². The Kier molecular flexibility index (Phi) is 2.83. The fourth-order valence-electron chi connectivity index (χ4n) is 0.464. The Bertz CT molecular complexity index is 219. The molecule has 1 amide bonds. The number of amides is 1. The van der Waals surface area contributed by atoms with Crippen LogP contribution in [-0.4, -0.2) is 26.3 Å². The Hall–Kier alpha value is -0.580. The molecular formula is C5H10NO3S. The van der Waals surface area contributed by atoms with Gasteiger partial charge in [0.25, 0.3) is 0 Å².